The number of hydrogen-bond acceptors (Lipinski definition) is 1. The van der Waals surface area contributed by atoms with Crippen molar-refractivity contribution in [3.63, 3.8) is 0 Å². The molecule has 0 aromatic carbocycles. The molecule has 0 saturated heterocycles. The molecule has 0 spiro atoms. The van der Waals surface area contributed by atoms with Gasteiger partial charge in [-0.1, -0.05) is 0 Å². The number of rotatable bonds is 3. The number of alkyl halides is 1. The summed E-state index contributed by atoms with van der Waals surface area (Å²) in [6, 6.07) is 0. The van der Waals surface area contributed by atoms with E-state index in [1.807, 2.05) is 13.8 Å². The Morgan fingerprint density at radius 1 is 1.36 bits per heavy atom. The maximum absolute atomic E-state index is 13.0. The highest BCUT2D eigenvalue weighted by molar-refractivity contribution is 5.84. The predicted octanol–water partition coefficient (Wildman–Crippen LogP) is 1.60. The van der Waals surface area contributed by atoms with Crippen molar-refractivity contribution in [1.29, 1.82) is 0 Å². The van der Waals surface area contributed by atoms with Crippen LogP contribution in [0.25, 0.3) is 0 Å². The Bertz CT molecular complexity index is 136. The third-order valence-electron chi connectivity index (χ3n) is 1.56. The van der Waals surface area contributed by atoms with Crippen molar-refractivity contribution >= 4 is 5.91 Å². The largest absolute Gasteiger partial charge is 0.341 e. The minimum atomic E-state index is -1.73. The van der Waals surface area contributed by atoms with Gasteiger partial charge in [0.05, 0.1) is 0 Å². The van der Waals surface area contributed by atoms with Crippen molar-refractivity contribution in [2.24, 2.45) is 0 Å². The third kappa shape index (κ3) is 2.87. The summed E-state index contributed by atoms with van der Waals surface area (Å²) in [5.74, 6) is -0.428. The highest BCUT2D eigenvalue weighted by atomic mass is 19.1. The maximum atomic E-state index is 13.0. The van der Waals surface area contributed by atoms with Crippen LogP contribution in [-0.4, -0.2) is 29.6 Å². The van der Waals surface area contributed by atoms with E-state index in [4.69, 9.17) is 0 Å². The van der Waals surface area contributed by atoms with Gasteiger partial charge in [0.25, 0.3) is 5.91 Å². The number of nitrogens with zero attached hydrogens (tertiary/aromatic N) is 1. The molecule has 11 heavy (non-hydrogen) atoms. The zero-order valence-electron chi connectivity index (χ0n) is 7.65. The molecule has 0 unspecified atom stereocenters. The molecular weight excluding hydrogens is 145 g/mol. The molecule has 0 aliphatic heterocycles. The summed E-state index contributed by atoms with van der Waals surface area (Å²) in [4.78, 5) is 12.7. The molecule has 0 aromatic rings. The summed E-state index contributed by atoms with van der Waals surface area (Å²) in [7, 11) is 0. The highest BCUT2D eigenvalue weighted by Crippen LogP contribution is 2.12. The molecule has 0 atom stereocenters. The van der Waals surface area contributed by atoms with E-state index in [1.54, 1.807) is 0 Å². The van der Waals surface area contributed by atoms with Crippen molar-refractivity contribution in [2.45, 2.75) is 33.4 Å². The summed E-state index contributed by atoms with van der Waals surface area (Å²) in [5.41, 5.74) is -1.73. The second kappa shape index (κ2) is 3.69. The van der Waals surface area contributed by atoms with Gasteiger partial charge in [0.2, 0.25) is 0 Å². The number of amides is 1. The molecule has 3 heteroatoms. The van der Waals surface area contributed by atoms with Crippen molar-refractivity contribution in [3.8, 4) is 0 Å². The molecule has 0 aliphatic carbocycles. The second-order valence-electron chi connectivity index (χ2n) is 2.95. The van der Waals surface area contributed by atoms with Crippen LogP contribution in [0.5, 0.6) is 0 Å². The Morgan fingerprint density at radius 2 is 1.73 bits per heavy atom. The van der Waals surface area contributed by atoms with E-state index in [-0.39, 0.29) is 0 Å². The standard InChI is InChI=1S/C8H16FNO/c1-5-10(6-2)7(11)8(3,4)9/h5-6H2,1-4H3. The summed E-state index contributed by atoms with van der Waals surface area (Å²) >= 11 is 0. The summed E-state index contributed by atoms with van der Waals surface area (Å²) in [6.07, 6.45) is 0. The lowest BCUT2D eigenvalue weighted by atomic mass is 10.1. The van der Waals surface area contributed by atoms with E-state index in [9.17, 15) is 9.18 Å². The van der Waals surface area contributed by atoms with Gasteiger partial charge in [-0.25, -0.2) is 4.39 Å². The molecule has 0 heterocycles. The monoisotopic (exact) mass is 161 g/mol. The van der Waals surface area contributed by atoms with Crippen LogP contribution < -0.4 is 0 Å². The minimum absolute atomic E-state index is 0.428. The number of halogens is 1. The molecule has 0 rings (SSSR count). The summed E-state index contributed by atoms with van der Waals surface area (Å²) in [5, 5.41) is 0. The number of carbonyl (C=O) groups excluding carboxylic acids is 1. The molecule has 0 fully saturated rings. The molecule has 0 N–H and O–H groups in total. The fourth-order valence-corrected chi connectivity index (χ4v) is 0.887. The Morgan fingerprint density at radius 3 is 1.82 bits per heavy atom. The molecule has 0 bridgehead atoms. The van der Waals surface area contributed by atoms with Gasteiger partial charge in [-0.3, -0.25) is 4.79 Å². The lowest BCUT2D eigenvalue weighted by Gasteiger charge is -2.24. The average molecular weight is 161 g/mol. The molecule has 0 radical (unpaired) electrons. The summed E-state index contributed by atoms with van der Waals surface area (Å²) in [6.45, 7) is 7.40. The van der Waals surface area contributed by atoms with Crippen molar-refractivity contribution in [3.05, 3.63) is 0 Å². The van der Waals surface area contributed by atoms with Gasteiger partial charge in [-0.2, -0.15) is 0 Å². The normalized spacial score (nSPS) is 11.4. The Hall–Kier alpha value is -0.600. The van der Waals surface area contributed by atoms with Gasteiger partial charge >= 0.3 is 0 Å². The van der Waals surface area contributed by atoms with Crippen LogP contribution in [0.1, 0.15) is 27.7 Å². The van der Waals surface area contributed by atoms with Crippen LogP contribution >= 0.6 is 0 Å². The zero-order valence-corrected chi connectivity index (χ0v) is 7.65. The summed E-state index contributed by atoms with van der Waals surface area (Å²) < 4.78 is 13.0. The number of carbonyl (C=O) groups is 1. The van der Waals surface area contributed by atoms with Crippen LogP contribution in [0.2, 0.25) is 0 Å². The third-order valence-corrected chi connectivity index (χ3v) is 1.56. The zero-order chi connectivity index (χ0) is 9.07. The second-order valence-corrected chi connectivity index (χ2v) is 2.95. The van der Waals surface area contributed by atoms with E-state index in [0.29, 0.717) is 13.1 Å². The maximum Gasteiger partial charge on any atom is 0.259 e. The van der Waals surface area contributed by atoms with E-state index in [2.05, 4.69) is 0 Å². The van der Waals surface area contributed by atoms with Crippen LogP contribution in [0, 0.1) is 0 Å². The van der Waals surface area contributed by atoms with Gasteiger partial charge in [0.15, 0.2) is 5.67 Å². The fraction of sp³-hybridized carbons (Fsp3) is 0.875. The SMILES string of the molecule is CCN(CC)C(=O)C(C)(C)F. The molecular formula is C8H16FNO. The van der Waals surface area contributed by atoms with Gasteiger partial charge in [0.1, 0.15) is 0 Å². The highest BCUT2D eigenvalue weighted by Gasteiger charge is 2.29. The first-order chi connectivity index (χ1) is 4.93. The van der Waals surface area contributed by atoms with E-state index < -0.39 is 11.6 Å². The topological polar surface area (TPSA) is 20.3 Å². The Balaban J connectivity index is 4.22. The molecule has 0 aliphatic rings. The quantitative estimate of drug-likeness (QED) is 0.615. The first-order valence-corrected chi connectivity index (χ1v) is 3.91. The first kappa shape index (κ1) is 10.4. The Kier molecular flexibility index (Phi) is 3.49. The lowest BCUT2D eigenvalue weighted by Crippen LogP contribution is -2.42. The first-order valence-electron chi connectivity index (χ1n) is 3.91. The van der Waals surface area contributed by atoms with E-state index in [0.717, 1.165) is 0 Å². The van der Waals surface area contributed by atoms with Gasteiger partial charge in [0, 0.05) is 13.1 Å². The van der Waals surface area contributed by atoms with E-state index >= 15 is 0 Å². The van der Waals surface area contributed by atoms with Crippen molar-refractivity contribution in [1.82, 2.24) is 4.90 Å². The fourth-order valence-electron chi connectivity index (χ4n) is 0.887. The van der Waals surface area contributed by atoms with Crippen LogP contribution in [0.3, 0.4) is 0 Å². The van der Waals surface area contributed by atoms with Crippen LogP contribution in [0.15, 0.2) is 0 Å². The minimum Gasteiger partial charge on any atom is -0.341 e. The van der Waals surface area contributed by atoms with Gasteiger partial charge in [-0.15, -0.1) is 0 Å². The van der Waals surface area contributed by atoms with E-state index in [1.165, 1.54) is 18.7 Å². The lowest BCUT2D eigenvalue weighted by molar-refractivity contribution is -0.141. The smallest absolute Gasteiger partial charge is 0.259 e. The van der Waals surface area contributed by atoms with Crippen LogP contribution in [0.4, 0.5) is 4.39 Å². The molecule has 0 saturated carbocycles. The van der Waals surface area contributed by atoms with Crippen LogP contribution in [-0.2, 0) is 4.79 Å². The van der Waals surface area contributed by atoms with Crippen molar-refractivity contribution in [2.75, 3.05) is 13.1 Å². The van der Waals surface area contributed by atoms with Crippen molar-refractivity contribution < 1.29 is 9.18 Å². The Labute approximate surface area is 67.4 Å². The molecule has 2 nitrogen and oxygen atoms in total. The molecule has 66 valence electrons. The molecule has 0 aromatic heterocycles. The van der Waals surface area contributed by atoms with Gasteiger partial charge < -0.3 is 4.90 Å². The molecule has 1 amide bonds. The number of hydrogen-bond donors (Lipinski definition) is 0. The van der Waals surface area contributed by atoms with Gasteiger partial charge in [-0.05, 0) is 27.7 Å². The predicted molar refractivity (Wildman–Crippen MR) is 43.1 cm³/mol. The average Bonchev–Trinajstić information content (AvgIpc) is 1.88.